The van der Waals surface area contributed by atoms with Gasteiger partial charge in [0.25, 0.3) is 0 Å². The van der Waals surface area contributed by atoms with Crippen molar-refractivity contribution in [1.82, 2.24) is 5.32 Å². The maximum Gasteiger partial charge on any atom is 0.416 e. The first-order chi connectivity index (χ1) is 9.36. The second-order valence-electron chi connectivity index (χ2n) is 5.53. The van der Waals surface area contributed by atoms with E-state index in [1.165, 1.54) is 12.1 Å². The second kappa shape index (κ2) is 6.14. The van der Waals surface area contributed by atoms with Crippen LogP contribution in [-0.4, -0.2) is 17.3 Å². The van der Waals surface area contributed by atoms with Gasteiger partial charge in [0.15, 0.2) is 0 Å². The van der Waals surface area contributed by atoms with Crippen molar-refractivity contribution in [3.8, 4) is 0 Å². The summed E-state index contributed by atoms with van der Waals surface area (Å²) < 4.78 is 38.1. The van der Waals surface area contributed by atoms with Gasteiger partial charge in [0, 0.05) is 12.1 Å². The molecule has 0 amide bonds. The van der Waals surface area contributed by atoms with Crippen LogP contribution in [-0.2, 0) is 6.18 Å². The molecule has 1 aromatic carbocycles. The van der Waals surface area contributed by atoms with E-state index in [0.717, 1.165) is 25.3 Å². The van der Waals surface area contributed by atoms with Crippen LogP contribution in [0.5, 0.6) is 0 Å². The molecular formula is C15H20F3NO. The summed E-state index contributed by atoms with van der Waals surface area (Å²) >= 11 is 0. The smallest absolute Gasteiger partial charge is 0.393 e. The Morgan fingerprint density at radius 1 is 1.30 bits per heavy atom. The highest BCUT2D eigenvalue weighted by molar-refractivity contribution is 5.27. The van der Waals surface area contributed by atoms with Crippen molar-refractivity contribution >= 4 is 0 Å². The molecule has 5 heteroatoms. The lowest BCUT2D eigenvalue weighted by atomic mass is 9.92. The van der Waals surface area contributed by atoms with Crippen molar-refractivity contribution in [1.29, 1.82) is 0 Å². The van der Waals surface area contributed by atoms with Gasteiger partial charge in [-0.25, -0.2) is 0 Å². The highest BCUT2D eigenvalue weighted by Gasteiger charge is 2.31. The lowest BCUT2D eigenvalue weighted by Gasteiger charge is -2.29. The molecule has 3 unspecified atom stereocenters. The molecule has 2 nitrogen and oxygen atoms in total. The molecule has 1 saturated carbocycles. The average Bonchev–Trinajstić information content (AvgIpc) is 2.38. The summed E-state index contributed by atoms with van der Waals surface area (Å²) in [5, 5.41) is 12.9. The molecule has 3 atom stereocenters. The molecule has 2 rings (SSSR count). The Bertz CT molecular complexity index is 447. The summed E-state index contributed by atoms with van der Waals surface area (Å²) in [6.07, 6.45) is -1.21. The van der Waals surface area contributed by atoms with Crippen LogP contribution in [0.2, 0.25) is 0 Å². The number of alkyl halides is 3. The predicted octanol–water partition coefficient (Wildman–Crippen LogP) is 3.66. The molecular weight excluding hydrogens is 267 g/mol. The number of benzene rings is 1. The topological polar surface area (TPSA) is 32.3 Å². The summed E-state index contributed by atoms with van der Waals surface area (Å²) in [4.78, 5) is 0. The Balaban J connectivity index is 2.03. The zero-order chi connectivity index (χ0) is 14.8. The number of halogens is 3. The molecule has 1 aliphatic rings. The first-order valence-electron chi connectivity index (χ1n) is 6.97. The van der Waals surface area contributed by atoms with E-state index in [2.05, 4.69) is 5.32 Å². The maximum absolute atomic E-state index is 12.7. The molecule has 1 fully saturated rings. The van der Waals surface area contributed by atoms with Crippen molar-refractivity contribution in [2.75, 3.05) is 0 Å². The monoisotopic (exact) mass is 287 g/mol. The van der Waals surface area contributed by atoms with Crippen LogP contribution in [0.4, 0.5) is 13.2 Å². The molecule has 0 aromatic heterocycles. The molecule has 0 bridgehead atoms. The van der Waals surface area contributed by atoms with Gasteiger partial charge in [-0.2, -0.15) is 13.2 Å². The van der Waals surface area contributed by atoms with E-state index in [4.69, 9.17) is 0 Å². The van der Waals surface area contributed by atoms with Gasteiger partial charge in [0.05, 0.1) is 11.7 Å². The van der Waals surface area contributed by atoms with Crippen molar-refractivity contribution in [2.24, 2.45) is 0 Å². The van der Waals surface area contributed by atoms with Crippen LogP contribution < -0.4 is 5.32 Å². The maximum atomic E-state index is 12.7. The minimum Gasteiger partial charge on any atom is -0.393 e. The fraction of sp³-hybridized carbons (Fsp3) is 0.600. The summed E-state index contributed by atoms with van der Waals surface area (Å²) in [6.45, 7) is 1.86. The van der Waals surface area contributed by atoms with Crippen molar-refractivity contribution in [3.63, 3.8) is 0 Å². The first-order valence-corrected chi connectivity index (χ1v) is 6.97. The molecule has 1 aliphatic carbocycles. The number of aliphatic hydroxyl groups is 1. The molecule has 20 heavy (non-hydrogen) atoms. The number of hydrogen-bond donors (Lipinski definition) is 2. The fourth-order valence-corrected chi connectivity index (χ4v) is 2.75. The zero-order valence-corrected chi connectivity index (χ0v) is 11.5. The van der Waals surface area contributed by atoms with Gasteiger partial charge in [-0.1, -0.05) is 12.1 Å². The number of nitrogens with one attached hydrogen (secondary N) is 1. The standard InChI is InChI=1S/C15H20F3NO/c1-10(19-13-6-3-7-14(20)9-13)11-4-2-5-12(8-11)15(16,17)18/h2,4-5,8,10,13-14,19-20H,3,6-7,9H2,1H3. The molecule has 0 heterocycles. The average molecular weight is 287 g/mol. The Kier molecular flexibility index (Phi) is 4.70. The Morgan fingerprint density at radius 2 is 2.05 bits per heavy atom. The van der Waals surface area contributed by atoms with Gasteiger partial charge < -0.3 is 10.4 Å². The van der Waals surface area contributed by atoms with Gasteiger partial charge in [-0.15, -0.1) is 0 Å². The van der Waals surface area contributed by atoms with Crippen LogP contribution >= 0.6 is 0 Å². The van der Waals surface area contributed by atoms with E-state index in [1.807, 2.05) is 6.92 Å². The van der Waals surface area contributed by atoms with Crippen molar-refractivity contribution < 1.29 is 18.3 Å². The summed E-state index contributed by atoms with van der Waals surface area (Å²) in [6, 6.07) is 5.42. The quantitative estimate of drug-likeness (QED) is 0.889. The lowest BCUT2D eigenvalue weighted by Crippen LogP contribution is -2.37. The number of aliphatic hydroxyl groups excluding tert-OH is 1. The third-order valence-corrected chi connectivity index (χ3v) is 3.85. The molecule has 1 aromatic rings. The van der Waals surface area contributed by atoms with Gasteiger partial charge in [-0.05, 0) is 50.3 Å². The van der Waals surface area contributed by atoms with E-state index in [1.54, 1.807) is 6.07 Å². The van der Waals surface area contributed by atoms with Gasteiger partial charge in [0.1, 0.15) is 0 Å². The first kappa shape index (κ1) is 15.3. The van der Waals surface area contributed by atoms with E-state index in [-0.39, 0.29) is 18.2 Å². The van der Waals surface area contributed by atoms with Gasteiger partial charge >= 0.3 is 6.18 Å². The zero-order valence-electron chi connectivity index (χ0n) is 11.5. The highest BCUT2D eigenvalue weighted by Crippen LogP contribution is 2.31. The summed E-state index contributed by atoms with van der Waals surface area (Å²) in [5.74, 6) is 0. The molecule has 0 spiro atoms. The van der Waals surface area contributed by atoms with Crippen LogP contribution in [0.1, 0.15) is 49.8 Å². The SMILES string of the molecule is CC(NC1CCCC(O)C1)c1cccc(C(F)(F)F)c1. The van der Waals surface area contributed by atoms with E-state index >= 15 is 0 Å². The molecule has 0 saturated heterocycles. The van der Waals surface area contributed by atoms with E-state index in [0.29, 0.717) is 12.0 Å². The van der Waals surface area contributed by atoms with E-state index in [9.17, 15) is 18.3 Å². The summed E-state index contributed by atoms with van der Waals surface area (Å²) in [7, 11) is 0. The third kappa shape index (κ3) is 3.96. The minimum absolute atomic E-state index is 0.160. The molecule has 0 aliphatic heterocycles. The molecule has 2 N–H and O–H groups in total. The van der Waals surface area contributed by atoms with Crippen LogP contribution in [0.15, 0.2) is 24.3 Å². The lowest BCUT2D eigenvalue weighted by molar-refractivity contribution is -0.137. The Labute approximate surface area is 117 Å². The van der Waals surface area contributed by atoms with Crippen LogP contribution in [0, 0.1) is 0 Å². The molecule has 112 valence electrons. The van der Waals surface area contributed by atoms with Crippen LogP contribution in [0.25, 0.3) is 0 Å². The minimum atomic E-state index is -4.31. The summed E-state index contributed by atoms with van der Waals surface area (Å²) in [5.41, 5.74) is 0.00668. The number of rotatable bonds is 3. The van der Waals surface area contributed by atoms with Crippen LogP contribution in [0.3, 0.4) is 0 Å². The van der Waals surface area contributed by atoms with Crippen molar-refractivity contribution in [2.45, 2.75) is 57.0 Å². The highest BCUT2D eigenvalue weighted by atomic mass is 19.4. The van der Waals surface area contributed by atoms with Crippen molar-refractivity contribution in [3.05, 3.63) is 35.4 Å². The second-order valence-corrected chi connectivity index (χ2v) is 5.53. The number of hydrogen-bond acceptors (Lipinski definition) is 2. The fourth-order valence-electron chi connectivity index (χ4n) is 2.75. The Morgan fingerprint density at radius 3 is 2.70 bits per heavy atom. The van der Waals surface area contributed by atoms with E-state index < -0.39 is 11.7 Å². The largest absolute Gasteiger partial charge is 0.416 e. The normalized spacial score (nSPS) is 25.4. The van der Waals surface area contributed by atoms with Gasteiger partial charge in [0.2, 0.25) is 0 Å². The predicted molar refractivity (Wildman–Crippen MR) is 71.3 cm³/mol. The third-order valence-electron chi connectivity index (χ3n) is 3.85. The van der Waals surface area contributed by atoms with Gasteiger partial charge in [-0.3, -0.25) is 0 Å². The Hall–Kier alpha value is -1.07. The molecule has 0 radical (unpaired) electrons.